The number of anilines is 1. The zero-order valence-corrected chi connectivity index (χ0v) is 16.8. The number of hydrogen-bond acceptors (Lipinski definition) is 4. The molecule has 4 rings (SSSR count). The molecule has 0 amide bonds. The average Bonchev–Trinajstić information content (AvgIpc) is 2.64. The number of hydrogen-bond donors (Lipinski definition) is 0. The summed E-state index contributed by atoms with van der Waals surface area (Å²) in [6.07, 6.45) is 0.730. The van der Waals surface area contributed by atoms with E-state index in [0.717, 1.165) is 38.7 Å². The topological polar surface area (TPSA) is 42.7 Å². The van der Waals surface area contributed by atoms with Gasteiger partial charge < -0.3 is 14.1 Å². The lowest BCUT2D eigenvalue weighted by molar-refractivity contribution is 0.289. The van der Waals surface area contributed by atoms with E-state index >= 15 is 0 Å². The minimum absolute atomic E-state index is 0.351. The number of nitrogens with zero attached hydrogens (tertiary/aromatic N) is 1. The lowest BCUT2D eigenvalue weighted by atomic mass is 10.0. The van der Waals surface area contributed by atoms with Gasteiger partial charge in [-0.1, -0.05) is 34.5 Å². The predicted octanol–water partition coefficient (Wildman–Crippen LogP) is 5.44. The molecule has 0 unspecified atom stereocenters. The summed E-state index contributed by atoms with van der Waals surface area (Å²) in [5.41, 5.74) is 4.13. The molecule has 3 aromatic rings. The molecule has 2 heterocycles. The van der Waals surface area contributed by atoms with E-state index in [0.29, 0.717) is 29.6 Å². The van der Waals surface area contributed by atoms with E-state index in [9.17, 15) is 4.79 Å². The summed E-state index contributed by atoms with van der Waals surface area (Å²) >= 11 is 9.99. The lowest BCUT2D eigenvalue weighted by Gasteiger charge is -2.32. The van der Waals surface area contributed by atoms with Gasteiger partial charge in [0.2, 0.25) is 0 Å². The van der Waals surface area contributed by atoms with Crippen LogP contribution in [0.3, 0.4) is 0 Å². The Morgan fingerprint density at radius 3 is 2.81 bits per heavy atom. The van der Waals surface area contributed by atoms with Crippen molar-refractivity contribution in [1.29, 1.82) is 0 Å². The molecule has 0 atom stereocenters. The molecule has 0 saturated heterocycles. The fraction of sp³-hybridized carbons (Fsp3) is 0.250. The first-order chi connectivity index (χ1) is 12.5. The molecule has 6 heteroatoms. The van der Waals surface area contributed by atoms with Crippen LogP contribution in [0.15, 0.2) is 44.0 Å². The van der Waals surface area contributed by atoms with Gasteiger partial charge in [-0.2, -0.15) is 0 Å². The molecule has 2 aromatic carbocycles. The van der Waals surface area contributed by atoms with E-state index < -0.39 is 0 Å². The van der Waals surface area contributed by atoms with E-state index in [1.54, 1.807) is 0 Å². The van der Waals surface area contributed by atoms with Crippen molar-refractivity contribution in [2.24, 2.45) is 0 Å². The largest absolute Gasteiger partial charge is 0.471 e. The Morgan fingerprint density at radius 2 is 2.08 bits per heavy atom. The van der Waals surface area contributed by atoms with Crippen LogP contribution in [0.4, 0.5) is 5.69 Å². The van der Waals surface area contributed by atoms with Crippen LogP contribution in [0.25, 0.3) is 11.0 Å². The minimum Gasteiger partial charge on any atom is -0.471 e. The van der Waals surface area contributed by atoms with Crippen molar-refractivity contribution < 1.29 is 9.15 Å². The van der Waals surface area contributed by atoms with E-state index in [4.69, 9.17) is 20.8 Å². The maximum atomic E-state index is 12.0. The standard InChI is InChI=1S/C20H17BrClNO3/c1-3-12-7-18(24)26-19-14(12)8-17(22)20-15(19)9-23(10-25-20)13-4-5-16(21)11(2)6-13/h4-8H,3,9-10H2,1-2H3. The Balaban J connectivity index is 1.87. The van der Waals surface area contributed by atoms with Crippen molar-refractivity contribution >= 4 is 44.2 Å². The van der Waals surface area contributed by atoms with Crippen molar-refractivity contribution in [3.8, 4) is 5.75 Å². The molecular formula is C20H17BrClNO3. The predicted molar refractivity (Wildman–Crippen MR) is 107 cm³/mol. The van der Waals surface area contributed by atoms with E-state index in [1.165, 1.54) is 6.07 Å². The van der Waals surface area contributed by atoms with Gasteiger partial charge in [0.1, 0.15) is 11.3 Å². The Bertz CT molecular complexity index is 1080. The molecular weight excluding hydrogens is 418 g/mol. The summed E-state index contributed by atoms with van der Waals surface area (Å²) in [6.45, 7) is 5.00. The average molecular weight is 435 g/mol. The molecule has 0 radical (unpaired) electrons. The van der Waals surface area contributed by atoms with Crippen LogP contribution >= 0.6 is 27.5 Å². The highest BCUT2D eigenvalue weighted by Crippen LogP contribution is 2.40. The van der Waals surface area contributed by atoms with Crippen LogP contribution in [-0.2, 0) is 13.0 Å². The Hall–Kier alpha value is -1.98. The van der Waals surface area contributed by atoms with Gasteiger partial charge >= 0.3 is 5.63 Å². The molecule has 0 N–H and O–H groups in total. The van der Waals surface area contributed by atoms with Gasteiger partial charge in [0.15, 0.2) is 6.73 Å². The summed E-state index contributed by atoms with van der Waals surface area (Å²) in [6, 6.07) is 9.51. The molecule has 1 aromatic heterocycles. The molecule has 1 aliphatic rings. The molecule has 1 aliphatic heterocycles. The molecule has 26 heavy (non-hydrogen) atoms. The van der Waals surface area contributed by atoms with Crippen LogP contribution in [0.2, 0.25) is 5.02 Å². The van der Waals surface area contributed by atoms with Crippen LogP contribution in [-0.4, -0.2) is 6.73 Å². The zero-order valence-electron chi connectivity index (χ0n) is 14.4. The summed E-state index contributed by atoms with van der Waals surface area (Å²) in [7, 11) is 0. The Kier molecular flexibility index (Phi) is 4.45. The second kappa shape index (κ2) is 6.63. The maximum Gasteiger partial charge on any atom is 0.336 e. The molecule has 4 nitrogen and oxygen atoms in total. The summed E-state index contributed by atoms with van der Waals surface area (Å²) in [5, 5.41) is 1.41. The van der Waals surface area contributed by atoms with Gasteiger partial charge in [-0.3, -0.25) is 0 Å². The van der Waals surface area contributed by atoms with Gasteiger partial charge in [0, 0.05) is 21.6 Å². The molecule has 0 bridgehead atoms. The van der Waals surface area contributed by atoms with Gasteiger partial charge in [0.25, 0.3) is 0 Å². The highest BCUT2D eigenvalue weighted by atomic mass is 79.9. The number of benzene rings is 2. The summed E-state index contributed by atoms with van der Waals surface area (Å²) in [4.78, 5) is 14.1. The van der Waals surface area contributed by atoms with Crippen LogP contribution < -0.4 is 15.3 Å². The van der Waals surface area contributed by atoms with E-state index in [1.807, 2.05) is 32.0 Å². The summed E-state index contributed by atoms with van der Waals surface area (Å²) in [5.74, 6) is 0.598. The molecule has 0 fully saturated rings. The lowest BCUT2D eigenvalue weighted by Crippen LogP contribution is -2.32. The number of ether oxygens (including phenoxy) is 1. The Labute approximate surface area is 164 Å². The fourth-order valence-corrected chi connectivity index (χ4v) is 3.86. The SMILES string of the molecule is CCc1cc(=O)oc2c3c(c(Cl)cc12)OCN(c1ccc(Br)c(C)c1)C3. The monoisotopic (exact) mass is 433 g/mol. The third-order valence-electron chi connectivity index (χ3n) is 4.72. The van der Waals surface area contributed by atoms with Gasteiger partial charge in [-0.15, -0.1) is 0 Å². The second-order valence-corrected chi connectivity index (χ2v) is 7.65. The fourth-order valence-electron chi connectivity index (χ4n) is 3.34. The van der Waals surface area contributed by atoms with Crippen molar-refractivity contribution in [2.45, 2.75) is 26.8 Å². The molecule has 0 aliphatic carbocycles. The highest BCUT2D eigenvalue weighted by Gasteiger charge is 2.25. The first-order valence-corrected chi connectivity index (χ1v) is 9.57. The summed E-state index contributed by atoms with van der Waals surface area (Å²) < 4.78 is 12.6. The smallest absolute Gasteiger partial charge is 0.336 e. The molecule has 0 spiro atoms. The number of fused-ring (bicyclic) bond motifs is 3. The normalized spacial score (nSPS) is 13.6. The zero-order chi connectivity index (χ0) is 18.4. The van der Waals surface area contributed by atoms with Crippen molar-refractivity contribution in [3.05, 3.63) is 66.9 Å². The molecule has 0 saturated carbocycles. The van der Waals surface area contributed by atoms with Crippen LogP contribution in [0.1, 0.15) is 23.6 Å². The van der Waals surface area contributed by atoms with E-state index in [2.05, 4.69) is 26.9 Å². The van der Waals surface area contributed by atoms with Gasteiger partial charge in [-0.05, 0) is 48.7 Å². The first kappa shape index (κ1) is 17.4. The number of aryl methyl sites for hydroxylation is 2. The van der Waals surface area contributed by atoms with Crippen molar-refractivity contribution in [3.63, 3.8) is 0 Å². The first-order valence-electron chi connectivity index (χ1n) is 8.40. The van der Waals surface area contributed by atoms with Gasteiger partial charge in [0.05, 0.1) is 17.1 Å². The van der Waals surface area contributed by atoms with E-state index in [-0.39, 0.29) is 5.63 Å². The van der Waals surface area contributed by atoms with Crippen LogP contribution in [0.5, 0.6) is 5.75 Å². The molecule has 134 valence electrons. The van der Waals surface area contributed by atoms with Crippen molar-refractivity contribution in [1.82, 2.24) is 0 Å². The highest BCUT2D eigenvalue weighted by molar-refractivity contribution is 9.10. The van der Waals surface area contributed by atoms with Gasteiger partial charge in [-0.25, -0.2) is 4.79 Å². The maximum absolute atomic E-state index is 12.0. The van der Waals surface area contributed by atoms with Crippen LogP contribution in [0, 0.1) is 6.92 Å². The van der Waals surface area contributed by atoms with Crippen molar-refractivity contribution in [2.75, 3.05) is 11.6 Å². The number of halogens is 2. The minimum atomic E-state index is -0.351. The Morgan fingerprint density at radius 1 is 1.27 bits per heavy atom. The third kappa shape index (κ3) is 2.89. The quantitative estimate of drug-likeness (QED) is 0.504. The third-order valence-corrected chi connectivity index (χ3v) is 5.89. The second-order valence-electron chi connectivity index (χ2n) is 6.39. The number of rotatable bonds is 2.